The second-order valence-electron chi connectivity index (χ2n) is 5.38. The molecule has 0 aromatic heterocycles. The van der Waals surface area contributed by atoms with Crippen molar-refractivity contribution in [3.05, 3.63) is 27.7 Å². The van der Waals surface area contributed by atoms with Gasteiger partial charge in [0.1, 0.15) is 0 Å². The van der Waals surface area contributed by atoms with Gasteiger partial charge in [-0.25, -0.2) is 4.79 Å². The van der Waals surface area contributed by atoms with Crippen LogP contribution in [0.2, 0.25) is 10.0 Å². The summed E-state index contributed by atoms with van der Waals surface area (Å²) in [5.41, 5.74) is -0.555. The number of rotatable bonds is 3. The van der Waals surface area contributed by atoms with Crippen molar-refractivity contribution in [1.29, 1.82) is 0 Å². The number of hydrogen-bond acceptors (Lipinski definition) is 3. The topological polar surface area (TPSA) is 78.4 Å². The Balaban J connectivity index is 2.30. The molecule has 1 fully saturated rings. The third-order valence-electron chi connectivity index (χ3n) is 3.78. The Hall–Kier alpha value is -1.30. The normalized spacial score (nSPS) is 17.3. The van der Waals surface area contributed by atoms with E-state index in [0.29, 0.717) is 12.8 Å². The summed E-state index contributed by atoms with van der Waals surface area (Å²) >= 11 is 11.8. The highest BCUT2D eigenvalue weighted by Gasteiger charge is 2.35. The minimum atomic E-state index is -1.19. The van der Waals surface area contributed by atoms with Gasteiger partial charge in [0.2, 0.25) is 5.91 Å². The van der Waals surface area contributed by atoms with Crippen LogP contribution in [0.1, 0.15) is 30.1 Å². The maximum absolute atomic E-state index is 12.5. The number of halogens is 2. The molecule has 1 amide bonds. The number of carbonyl (C=O) groups is 2. The number of carbonyl (C=O) groups excluding carboxylic acids is 1. The summed E-state index contributed by atoms with van der Waals surface area (Å²) in [4.78, 5) is 23.8. The van der Waals surface area contributed by atoms with E-state index in [1.165, 1.54) is 12.1 Å². The van der Waals surface area contributed by atoms with Crippen molar-refractivity contribution in [2.75, 3.05) is 18.4 Å². The molecule has 0 saturated carbocycles. The van der Waals surface area contributed by atoms with Crippen LogP contribution in [0.5, 0.6) is 0 Å². The number of carboxylic acids is 1. The molecule has 2 rings (SSSR count). The van der Waals surface area contributed by atoms with Gasteiger partial charge < -0.3 is 15.7 Å². The average Bonchev–Trinajstić information content (AvgIpc) is 2.41. The van der Waals surface area contributed by atoms with Gasteiger partial charge >= 0.3 is 5.97 Å². The zero-order valence-corrected chi connectivity index (χ0v) is 13.0. The lowest BCUT2D eigenvalue weighted by molar-refractivity contribution is -0.126. The Morgan fingerprint density at radius 3 is 2.48 bits per heavy atom. The zero-order chi connectivity index (χ0) is 15.6. The first-order chi connectivity index (χ1) is 9.83. The molecule has 1 aliphatic heterocycles. The van der Waals surface area contributed by atoms with Crippen LogP contribution in [0.25, 0.3) is 0 Å². The molecule has 0 atom stereocenters. The Morgan fingerprint density at radius 2 is 1.90 bits per heavy atom. The van der Waals surface area contributed by atoms with Gasteiger partial charge in [0.25, 0.3) is 0 Å². The molecule has 0 bridgehead atoms. The number of nitrogens with one attached hydrogen (secondary N) is 2. The number of amides is 1. The average molecular weight is 331 g/mol. The van der Waals surface area contributed by atoms with E-state index in [2.05, 4.69) is 10.6 Å². The fraction of sp³-hybridized carbons (Fsp3) is 0.429. The van der Waals surface area contributed by atoms with E-state index in [9.17, 15) is 14.7 Å². The summed E-state index contributed by atoms with van der Waals surface area (Å²) < 4.78 is 0. The Bertz CT molecular complexity index is 584. The van der Waals surface area contributed by atoms with Crippen LogP contribution in [-0.4, -0.2) is 30.1 Å². The van der Waals surface area contributed by atoms with Gasteiger partial charge in [0.05, 0.1) is 16.3 Å². The van der Waals surface area contributed by atoms with Crippen molar-refractivity contribution in [2.45, 2.75) is 19.8 Å². The lowest BCUT2D eigenvalue weighted by Gasteiger charge is -2.32. The number of anilines is 1. The maximum Gasteiger partial charge on any atom is 0.337 e. The van der Waals surface area contributed by atoms with Gasteiger partial charge in [-0.1, -0.05) is 30.1 Å². The molecule has 0 unspecified atom stereocenters. The highest BCUT2D eigenvalue weighted by atomic mass is 35.5. The van der Waals surface area contributed by atoms with Crippen LogP contribution < -0.4 is 10.6 Å². The van der Waals surface area contributed by atoms with Gasteiger partial charge in [-0.2, -0.15) is 0 Å². The predicted molar refractivity (Wildman–Crippen MR) is 82.3 cm³/mol. The highest BCUT2D eigenvalue weighted by molar-refractivity contribution is 6.37. The number of benzene rings is 1. The molecule has 0 aliphatic carbocycles. The Labute approximate surface area is 132 Å². The third kappa shape index (κ3) is 3.48. The molecule has 1 saturated heterocycles. The molecule has 114 valence electrons. The minimum Gasteiger partial charge on any atom is -0.478 e. The van der Waals surface area contributed by atoms with E-state index in [1.54, 1.807) is 0 Å². The molecule has 1 aromatic rings. The zero-order valence-electron chi connectivity index (χ0n) is 11.5. The van der Waals surface area contributed by atoms with E-state index in [1.807, 2.05) is 6.92 Å². The van der Waals surface area contributed by atoms with Crippen LogP contribution in [0.15, 0.2) is 12.1 Å². The SMILES string of the molecule is CC1(C(=O)Nc2c(Cl)cc(Cl)cc2C(=O)O)CCNCC1. The van der Waals surface area contributed by atoms with Gasteiger partial charge in [-0.3, -0.25) is 4.79 Å². The fourth-order valence-electron chi connectivity index (χ4n) is 2.34. The molecule has 0 spiro atoms. The first kappa shape index (κ1) is 16.1. The molecule has 1 aromatic carbocycles. The number of piperidine rings is 1. The smallest absolute Gasteiger partial charge is 0.337 e. The third-order valence-corrected chi connectivity index (χ3v) is 4.30. The van der Waals surface area contributed by atoms with Crippen LogP contribution >= 0.6 is 23.2 Å². The van der Waals surface area contributed by atoms with Crippen LogP contribution in [0, 0.1) is 5.41 Å². The predicted octanol–water partition coefficient (Wildman–Crippen LogP) is 3.02. The monoisotopic (exact) mass is 330 g/mol. The molecule has 7 heteroatoms. The van der Waals surface area contributed by atoms with Crippen molar-refractivity contribution in [3.8, 4) is 0 Å². The summed E-state index contributed by atoms with van der Waals surface area (Å²) in [6.45, 7) is 3.38. The first-order valence-electron chi connectivity index (χ1n) is 6.58. The van der Waals surface area contributed by atoms with Crippen molar-refractivity contribution in [3.63, 3.8) is 0 Å². The molecule has 1 aliphatic rings. The second-order valence-corrected chi connectivity index (χ2v) is 6.22. The Kier molecular flexibility index (Phi) is 4.76. The quantitative estimate of drug-likeness (QED) is 0.796. The molecule has 5 nitrogen and oxygen atoms in total. The minimum absolute atomic E-state index is 0.0957. The van der Waals surface area contributed by atoms with Crippen LogP contribution in [-0.2, 0) is 4.79 Å². The number of aromatic carboxylic acids is 1. The molecule has 0 radical (unpaired) electrons. The molecule has 21 heavy (non-hydrogen) atoms. The summed E-state index contributed by atoms with van der Waals surface area (Å²) in [6.07, 6.45) is 1.37. The summed E-state index contributed by atoms with van der Waals surface area (Å²) in [5, 5.41) is 15.4. The number of hydrogen-bond donors (Lipinski definition) is 3. The molecular formula is C14H16Cl2N2O3. The maximum atomic E-state index is 12.5. The first-order valence-corrected chi connectivity index (χ1v) is 7.33. The van der Waals surface area contributed by atoms with Crippen molar-refractivity contribution in [1.82, 2.24) is 5.32 Å². The highest BCUT2D eigenvalue weighted by Crippen LogP contribution is 2.34. The number of carboxylic acid groups (broad SMARTS) is 1. The van der Waals surface area contributed by atoms with Gasteiger partial charge in [0.15, 0.2) is 0 Å². The molecular weight excluding hydrogens is 315 g/mol. The van der Waals surface area contributed by atoms with Crippen molar-refractivity contribution < 1.29 is 14.7 Å². The van der Waals surface area contributed by atoms with E-state index in [0.717, 1.165) is 13.1 Å². The van der Waals surface area contributed by atoms with Gasteiger partial charge in [-0.05, 0) is 38.1 Å². The fourth-order valence-corrected chi connectivity index (χ4v) is 2.88. The van der Waals surface area contributed by atoms with E-state index >= 15 is 0 Å². The molecule has 1 heterocycles. The van der Waals surface area contributed by atoms with Crippen molar-refractivity contribution in [2.24, 2.45) is 5.41 Å². The molecule has 3 N–H and O–H groups in total. The summed E-state index contributed by atoms with van der Waals surface area (Å²) in [6, 6.07) is 2.69. The lowest BCUT2D eigenvalue weighted by atomic mass is 9.80. The standard InChI is InChI=1S/C14H16Cl2N2O3/c1-14(2-4-17-5-3-14)13(21)18-11-9(12(19)20)6-8(15)7-10(11)16/h6-7,17H,2-5H2,1H3,(H,18,21)(H,19,20). The summed E-state index contributed by atoms with van der Waals surface area (Å²) in [5.74, 6) is -1.42. The van der Waals surface area contributed by atoms with E-state index in [4.69, 9.17) is 23.2 Å². The Morgan fingerprint density at radius 1 is 1.29 bits per heavy atom. The van der Waals surface area contributed by atoms with Crippen LogP contribution in [0.4, 0.5) is 5.69 Å². The van der Waals surface area contributed by atoms with E-state index < -0.39 is 11.4 Å². The van der Waals surface area contributed by atoms with Gasteiger partial charge in [-0.15, -0.1) is 0 Å². The van der Waals surface area contributed by atoms with E-state index in [-0.39, 0.29) is 27.2 Å². The lowest BCUT2D eigenvalue weighted by Crippen LogP contribution is -2.43. The van der Waals surface area contributed by atoms with Crippen LogP contribution in [0.3, 0.4) is 0 Å². The summed E-state index contributed by atoms with van der Waals surface area (Å²) in [7, 11) is 0. The van der Waals surface area contributed by atoms with Gasteiger partial charge in [0, 0.05) is 10.4 Å². The van der Waals surface area contributed by atoms with Crippen molar-refractivity contribution >= 4 is 40.8 Å². The largest absolute Gasteiger partial charge is 0.478 e. The second kappa shape index (κ2) is 6.22.